The first-order chi connectivity index (χ1) is 9.15. The number of benzene rings is 1. The van der Waals surface area contributed by atoms with Gasteiger partial charge in [-0.05, 0) is 24.1 Å². The fraction of sp³-hybridized carbons (Fsp3) is 0.400. The van der Waals surface area contributed by atoms with Crippen molar-refractivity contribution in [3.8, 4) is 0 Å². The van der Waals surface area contributed by atoms with E-state index in [1.807, 2.05) is 0 Å². The van der Waals surface area contributed by atoms with E-state index in [1.54, 1.807) is 0 Å². The van der Waals surface area contributed by atoms with Crippen LogP contribution in [0.4, 0.5) is 0 Å². The quantitative estimate of drug-likeness (QED) is 0.588. The largest absolute Gasteiger partial charge is 0.326 e. The van der Waals surface area contributed by atoms with Crippen LogP contribution in [0.1, 0.15) is 12.0 Å². The number of rotatable bonds is 7. The summed E-state index contributed by atoms with van der Waals surface area (Å²) in [5.41, 5.74) is 6.07. The Morgan fingerprint density at radius 3 is 2.35 bits per heavy atom. The minimum Gasteiger partial charge on any atom is -0.326 e. The van der Waals surface area contributed by atoms with Crippen LogP contribution in [0, 0.1) is 0 Å². The number of hydrogen-bond acceptors (Lipinski definition) is 5. The maximum absolute atomic E-state index is 11.9. The second kappa shape index (κ2) is 6.83. The molecule has 0 aliphatic rings. The molecule has 0 spiro atoms. The molecule has 0 aliphatic carbocycles. The van der Waals surface area contributed by atoms with Crippen LogP contribution >= 0.6 is 11.6 Å². The van der Waals surface area contributed by atoms with E-state index in [0.29, 0.717) is 5.56 Å². The lowest BCUT2D eigenvalue weighted by Gasteiger charge is -2.08. The Kier molecular flexibility index (Phi) is 5.92. The van der Waals surface area contributed by atoms with E-state index >= 15 is 0 Å². The number of nitrogens with one attached hydrogen (secondary N) is 1. The molecule has 0 radical (unpaired) electrons. The zero-order valence-electron chi connectivity index (χ0n) is 10.5. The topological polar surface area (TPSA) is 132 Å². The standard InChI is InChI=1S/C10H16ClN3O4S2/c11-10-6-9(3-2-8(10)7-12)20(17,18)14-4-1-5-19(13,15)16/h2-3,6,14H,1,4-5,7,12H2,(H2,13,15,16). The van der Waals surface area contributed by atoms with Gasteiger partial charge in [-0.15, -0.1) is 0 Å². The van der Waals surface area contributed by atoms with Gasteiger partial charge in [0.1, 0.15) is 0 Å². The Hall–Kier alpha value is -0.710. The van der Waals surface area contributed by atoms with Crippen molar-refractivity contribution in [2.24, 2.45) is 10.9 Å². The van der Waals surface area contributed by atoms with Gasteiger partial charge >= 0.3 is 0 Å². The Morgan fingerprint density at radius 2 is 1.85 bits per heavy atom. The van der Waals surface area contributed by atoms with Crippen molar-refractivity contribution in [3.63, 3.8) is 0 Å². The van der Waals surface area contributed by atoms with Crippen LogP contribution in [0.2, 0.25) is 5.02 Å². The molecule has 0 bridgehead atoms. The van der Waals surface area contributed by atoms with Crippen LogP contribution in [-0.4, -0.2) is 29.1 Å². The Labute approximate surface area is 123 Å². The van der Waals surface area contributed by atoms with E-state index in [0.717, 1.165) is 0 Å². The third-order valence-electron chi connectivity index (χ3n) is 2.45. The summed E-state index contributed by atoms with van der Waals surface area (Å²) in [6.45, 7) is 0.177. The molecule has 0 heterocycles. The fourth-order valence-electron chi connectivity index (χ4n) is 1.42. The molecule has 7 nitrogen and oxygen atoms in total. The highest BCUT2D eigenvalue weighted by Crippen LogP contribution is 2.20. The molecular weight excluding hydrogens is 326 g/mol. The van der Waals surface area contributed by atoms with E-state index in [9.17, 15) is 16.8 Å². The van der Waals surface area contributed by atoms with Gasteiger partial charge in [-0.2, -0.15) is 0 Å². The molecule has 0 unspecified atom stereocenters. The van der Waals surface area contributed by atoms with Crippen molar-refractivity contribution < 1.29 is 16.8 Å². The van der Waals surface area contributed by atoms with Crippen LogP contribution in [0.15, 0.2) is 23.1 Å². The molecule has 0 saturated heterocycles. The minimum atomic E-state index is -3.74. The molecule has 20 heavy (non-hydrogen) atoms. The fourth-order valence-corrected chi connectivity index (χ4v) is 3.39. The lowest BCUT2D eigenvalue weighted by atomic mass is 10.2. The van der Waals surface area contributed by atoms with Gasteiger partial charge in [0, 0.05) is 18.1 Å². The SMILES string of the molecule is NCc1ccc(S(=O)(=O)NCCCS(N)(=O)=O)cc1Cl. The Morgan fingerprint density at radius 1 is 1.20 bits per heavy atom. The molecule has 0 fully saturated rings. The number of hydrogen-bond donors (Lipinski definition) is 3. The van der Waals surface area contributed by atoms with Crippen molar-refractivity contribution in [1.82, 2.24) is 4.72 Å². The number of halogens is 1. The minimum absolute atomic E-state index is 0.00435. The number of primary sulfonamides is 1. The summed E-state index contributed by atoms with van der Waals surface area (Å²) in [6, 6.07) is 4.21. The maximum atomic E-state index is 11.9. The third-order valence-corrected chi connectivity index (χ3v) is 5.12. The van der Waals surface area contributed by atoms with Gasteiger partial charge in [-0.25, -0.2) is 26.7 Å². The van der Waals surface area contributed by atoms with Crippen molar-refractivity contribution in [2.45, 2.75) is 17.9 Å². The van der Waals surface area contributed by atoms with Crippen LogP contribution in [0.25, 0.3) is 0 Å². The average molecular weight is 342 g/mol. The molecule has 114 valence electrons. The zero-order valence-corrected chi connectivity index (χ0v) is 12.9. The summed E-state index contributed by atoms with van der Waals surface area (Å²) in [7, 11) is -7.33. The van der Waals surface area contributed by atoms with Crippen LogP contribution in [-0.2, 0) is 26.6 Å². The Balaban J connectivity index is 2.72. The molecular formula is C10H16ClN3O4S2. The highest BCUT2D eigenvalue weighted by Gasteiger charge is 2.15. The van der Waals surface area contributed by atoms with Crippen LogP contribution in [0.3, 0.4) is 0 Å². The maximum Gasteiger partial charge on any atom is 0.240 e. The van der Waals surface area contributed by atoms with Crippen LogP contribution in [0.5, 0.6) is 0 Å². The summed E-state index contributed by atoms with van der Waals surface area (Å²) in [5.74, 6) is -0.289. The van der Waals surface area contributed by atoms with E-state index in [4.69, 9.17) is 22.5 Å². The van der Waals surface area contributed by atoms with Crippen LogP contribution < -0.4 is 15.6 Å². The van der Waals surface area contributed by atoms with Gasteiger partial charge in [0.05, 0.1) is 10.6 Å². The summed E-state index contributed by atoms with van der Waals surface area (Å²) in [4.78, 5) is -0.00435. The Bertz CT molecular complexity index is 674. The third kappa shape index (κ3) is 5.35. The highest BCUT2D eigenvalue weighted by molar-refractivity contribution is 7.89. The van der Waals surface area contributed by atoms with E-state index < -0.39 is 20.0 Å². The average Bonchev–Trinajstić information content (AvgIpc) is 2.33. The summed E-state index contributed by atoms with van der Waals surface area (Å²) in [6.07, 6.45) is 0.0900. The summed E-state index contributed by atoms with van der Waals surface area (Å²) in [5, 5.41) is 5.08. The van der Waals surface area contributed by atoms with E-state index in [2.05, 4.69) is 4.72 Å². The molecule has 0 aliphatic heterocycles. The van der Waals surface area contributed by atoms with Gasteiger partial charge in [-0.1, -0.05) is 17.7 Å². The van der Waals surface area contributed by atoms with Gasteiger partial charge in [-0.3, -0.25) is 0 Å². The van der Waals surface area contributed by atoms with Crippen molar-refractivity contribution in [3.05, 3.63) is 28.8 Å². The molecule has 10 heteroatoms. The van der Waals surface area contributed by atoms with Gasteiger partial charge in [0.2, 0.25) is 20.0 Å². The second-order valence-corrected chi connectivity index (χ2v) is 7.98. The predicted octanol–water partition coefficient (Wildman–Crippen LogP) is -0.244. The first-order valence-corrected chi connectivity index (χ1v) is 9.22. The van der Waals surface area contributed by atoms with E-state index in [1.165, 1.54) is 18.2 Å². The molecule has 1 aromatic carbocycles. The molecule has 0 atom stereocenters. The number of sulfonamides is 2. The molecule has 0 aromatic heterocycles. The summed E-state index contributed by atoms with van der Waals surface area (Å²) >= 11 is 5.89. The van der Waals surface area contributed by atoms with Gasteiger partial charge in [0.15, 0.2) is 0 Å². The van der Waals surface area contributed by atoms with Gasteiger partial charge in [0.25, 0.3) is 0 Å². The molecule has 0 saturated carbocycles. The monoisotopic (exact) mass is 341 g/mol. The predicted molar refractivity (Wildman–Crippen MR) is 77.1 cm³/mol. The van der Waals surface area contributed by atoms with Crippen molar-refractivity contribution in [2.75, 3.05) is 12.3 Å². The molecule has 1 aromatic rings. The smallest absolute Gasteiger partial charge is 0.240 e. The normalized spacial score (nSPS) is 12.6. The second-order valence-electron chi connectivity index (χ2n) is 4.08. The lowest BCUT2D eigenvalue weighted by Crippen LogP contribution is -2.27. The molecule has 5 N–H and O–H groups in total. The molecule has 0 amide bonds. The number of nitrogens with two attached hydrogens (primary N) is 2. The summed E-state index contributed by atoms with van der Waals surface area (Å²) < 4.78 is 47.6. The van der Waals surface area contributed by atoms with Crippen molar-refractivity contribution >= 4 is 31.6 Å². The first kappa shape index (κ1) is 17.3. The van der Waals surface area contributed by atoms with Crippen molar-refractivity contribution in [1.29, 1.82) is 0 Å². The highest BCUT2D eigenvalue weighted by atomic mass is 35.5. The lowest BCUT2D eigenvalue weighted by molar-refractivity contribution is 0.576. The zero-order chi connectivity index (χ0) is 15.4. The van der Waals surface area contributed by atoms with Gasteiger partial charge < -0.3 is 5.73 Å². The van der Waals surface area contributed by atoms with E-state index in [-0.39, 0.29) is 35.2 Å². The first-order valence-electron chi connectivity index (χ1n) is 5.64. The molecule has 1 rings (SSSR count).